The van der Waals surface area contributed by atoms with Gasteiger partial charge in [0.25, 0.3) is 5.91 Å². The van der Waals surface area contributed by atoms with Crippen molar-refractivity contribution in [1.82, 2.24) is 10.3 Å². The van der Waals surface area contributed by atoms with E-state index in [1.807, 2.05) is 13.8 Å². The molecule has 2 N–H and O–H groups in total. The summed E-state index contributed by atoms with van der Waals surface area (Å²) < 4.78 is 4.98. The van der Waals surface area contributed by atoms with Gasteiger partial charge in [-0.3, -0.25) is 9.59 Å². The van der Waals surface area contributed by atoms with Crippen molar-refractivity contribution in [2.75, 3.05) is 6.54 Å². The van der Waals surface area contributed by atoms with Gasteiger partial charge in [-0.25, -0.2) is 4.98 Å². The van der Waals surface area contributed by atoms with Crippen molar-refractivity contribution >= 4 is 23.2 Å². The minimum atomic E-state index is -0.897. The molecule has 0 saturated carbocycles. The molecular formula is C15H18N2O4S. The van der Waals surface area contributed by atoms with E-state index < -0.39 is 11.9 Å². The van der Waals surface area contributed by atoms with Crippen LogP contribution in [0.25, 0.3) is 10.6 Å². The van der Waals surface area contributed by atoms with Crippen LogP contribution in [0.4, 0.5) is 0 Å². The summed E-state index contributed by atoms with van der Waals surface area (Å²) in [5.41, 5.74) is 1.10. The van der Waals surface area contributed by atoms with Gasteiger partial charge >= 0.3 is 5.97 Å². The van der Waals surface area contributed by atoms with E-state index in [-0.39, 0.29) is 24.1 Å². The van der Waals surface area contributed by atoms with Gasteiger partial charge in [0.1, 0.15) is 17.0 Å². The number of furan rings is 1. The van der Waals surface area contributed by atoms with Crippen molar-refractivity contribution in [3.63, 3.8) is 0 Å². The lowest BCUT2D eigenvalue weighted by Crippen LogP contribution is -2.33. The maximum Gasteiger partial charge on any atom is 0.308 e. The Morgan fingerprint density at radius 2 is 2.23 bits per heavy atom. The molecule has 0 spiro atoms. The highest BCUT2D eigenvalue weighted by Gasteiger charge is 2.21. The van der Waals surface area contributed by atoms with Crippen LogP contribution in [-0.4, -0.2) is 28.5 Å². The highest BCUT2D eigenvalue weighted by atomic mass is 32.1. The van der Waals surface area contributed by atoms with Gasteiger partial charge in [0.15, 0.2) is 0 Å². The number of nitrogens with one attached hydrogen (secondary N) is 1. The number of hydrogen-bond acceptors (Lipinski definition) is 5. The number of thiazole rings is 1. The van der Waals surface area contributed by atoms with Crippen LogP contribution in [0.2, 0.25) is 0 Å². The van der Waals surface area contributed by atoms with Crippen molar-refractivity contribution in [2.24, 2.45) is 11.8 Å². The quantitative estimate of drug-likeness (QED) is 0.817. The van der Waals surface area contributed by atoms with Crippen LogP contribution < -0.4 is 5.32 Å². The number of rotatable bonds is 7. The van der Waals surface area contributed by atoms with E-state index in [1.54, 1.807) is 24.0 Å². The zero-order chi connectivity index (χ0) is 16.1. The van der Waals surface area contributed by atoms with Gasteiger partial charge < -0.3 is 14.8 Å². The molecule has 0 aliphatic carbocycles. The van der Waals surface area contributed by atoms with Gasteiger partial charge in [0, 0.05) is 17.5 Å². The third kappa shape index (κ3) is 4.17. The number of carbonyl (C=O) groups excluding carboxylic acids is 1. The lowest BCUT2D eigenvalue weighted by molar-refractivity contribution is -0.142. The van der Waals surface area contributed by atoms with E-state index in [0.717, 1.165) is 5.56 Å². The van der Waals surface area contributed by atoms with E-state index in [9.17, 15) is 9.59 Å². The molecule has 2 rings (SSSR count). The first kappa shape index (κ1) is 16.2. The average Bonchev–Trinajstić information content (AvgIpc) is 3.11. The van der Waals surface area contributed by atoms with Crippen LogP contribution in [0.3, 0.4) is 0 Å². The number of carboxylic acid groups (broad SMARTS) is 1. The van der Waals surface area contributed by atoms with Gasteiger partial charge in [-0.1, -0.05) is 13.8 Å². The van der Waals surface area contributed by atoms with Gasteiger partial charge in [-0.2, -0.15) is 0 Å². The predicted octanol–water partition coefficient (Wildman–Crippen LogP) is 2.88. The molecule has 0 aromatic carbocycles. The zero-order valence-corrected chi connectivity index (χ0v) is 13.2. The summed E-state index contributed by atoms with van der Waals surface area (Å²) in [6.45, 7) is 4.01. The lowest BCUT2D eigenvalue weighted by Gasteiger charge is -2.14. The summed E-state index contributed by atoms with van der Waals surface area (Å²) >= 11 is 1.34. The van der Waals surface area contributed by atoms with E-state index in [0.29, 0.717) is 11.4 Å². The fraction of sp³-hybridized carbons (Fsp3) is 0.400. The van der Waals surface area contributed by atoms with Crippen molar-refractivity contribution < 1.29 is 19.1 Å². The van der Waals surface area contributed by atoms with Crippen molar-refractivity contribution in [3.05, 3.63) is 29.7 Å². The molecule has 1 amide bonds. The Bertz CT molecular complexity index is 634. The number of amides is 1. The molecule has 0 saturated heterocycles. The van der Waals surface area contributed by atoms with Crippen molar-refractivity contribution in [1.29, 1.82) is 0 Å². The minimum absolute atomic E-state index is 0.102. The van der Waals surface area contributed by atoms with Crippen LogP contribution in [0.15, 0.2) is 28.4 Å². The number of hydrogen-bond donors (Lipinski definition) is 2. The van der Waals surface area contributed by atoms with Gasteiger partial charge in [0.05, 0.1) is 12.2 Å². The van der Waals surface area contributed by atoms with Gasteiger partial charge in [0.2, 0.25) is 0 Å². The Morgan fingerprint density at radius 1 is 1.45 bits per heavy atom. The number of aliphatic carboxylic acids is 1. The summed E-state index contributed by atoms with van der Waals surface area (Å²) in [5, 5.41) is 14.1. The molecule has 0 aliphatic heterocycles. The molecule has 0 radical (unpaired) electrons. The second-order valence-electron chi connectivity index (χ2n) is 5.42. The monoisotopic (exact) mass is 322 g/mol. The summed E-state index contributed by atoms with van der Waals surface area (Å²) in [5.74, 6) is -1.59. The molecule has 22 heavy (non-hydrogen) atoms. The van der Waals surface area contributed by atoms with Crippen LogP contribution in [0.1, 0.15) is 30.8 Å². The number of aromatic nitrogens is 1. The first-order valence-electron chi connectivity index (χ1n) is 6.96. The first-order chi connectivity index (χ1) is 10.5. The second-order valence-corrected chi connectivity index (χ2v) is 6.28. The summed E-state index contributed by atoms with van der Waals surface area (Å²) in [6.07, 6.45) is 3.62. The maximum absolute atomic E-state index is 12.1. The molecule has 7 heteroatoms. The molecular weight excluding hydrogens is 304 g/mol. The third-order valence-electron chi connectivity index (χ3n) is 3.12. The molecule has 6 nitrogen and oxygen atoms in total. The first-order valence-corrected chi connectivity index (χ1v) is 7.84. The Labute approximate surface area is 132 Å². The standard InChI is InChI=1S/C15H18N2O4S/c1-9(2)5-11(15(19)20)6-16-13(18)12-8-22-14(17-12)10-3-4-21-7-10/h3-4,7-9,11H,5-6H2,1-2H3,(H,16,18)(H,19,20). The molecule has 118 valence electrons. The van der Waals surface area contributed by atoms with Gasteiger partial charge in [-0.15, -0.1) is 11.3 Å². The van der Waals surface area contributed by atoms with Crippen LogP contribution >= 0.6 is 11.3 Å². The maximum atomic E-state index is 12.1. The molecule has 0 bridgehead atoms. The smallest absolute Gasteiger partial charge is 0.308 e. The van der Waals surface area contributed by atoms with E-state index >= 15 is 0 Å². The zero-order valence-electron chi connectivity index (χ0n) is 12.4. The van der Waals surface area contributed by atoms with E-state index in [1.165, 1.54) is 11.3 Å². The average molecular weight is 322 g/mol. The third-order valence-corrected chi connectivity index (χ3v) is 4.01. The Balaban J connectivity index is 1.96. The van der Waals surface area contributed by atoms with E-state index in [2.05, 4.69) is 10.3 Å². The highest BCUT2D eigenvalue weighted by Crippen LogP contribution is 2.23. The molecule has 2 aromatic rings. The minimum Gasteiger partial charge on any atom is -0.481 e. The SMILES string of the molecule is CC(C)CC(CNC(=O)c1csc(-c2ccoc2)n1)C(=O)O. The number of carbonyl (C=O) groups is 2. The highest BCUT2D eigenvalue weighted by molar-refractivity contribution is 7.13. The topological polar surface area (TPSA) is 92.4 Å². The number of carboxylic acids is 1. The molecule has 2 aromatic heterocycles. The van der Waals surface area contributed by atoms with Crippen LogP contribution in [0.5, 0.6) is 0 Å². The second kappa shape index (κ2) is 7.22. The molecule has 0 fully saturated rings. The van der Waals surface area contributed by atoms with E-state index in [4.69, 9.17) is 9.52 Å². The summed E-state index contributed by atoms with van der Waals surface area (Å²) in [4.78, 5) is 27.5. The van der Waals surface area contributed by atoms with Crippen LogP contribution in [0, 0.1) is 11.8 Å². The summed E-state index contributed by atoms with van der Waals surface area (Å²) in [7, 11) is 0. The lowest BCUT2D eigenvalue weighted by atomic mass is 9.97. The van der Waals surface area contributed by atoms with Gasteiger partial charge in [-0.05, 0) is 18.4 Å². The Kier molecular flexibility index (Phi) is 5.32. The fourth-order valence-corrected chi connectivity index (χ4v) is 2.83. The Morgan fingerprint density at radius 3 is 2.82 bits per heavy atom. The Hall–Kier alpha value is -2.15. The molecule has 1 unspecified atom stereocenters. The molecule has 2 heterocycles. The molecule has 1 atom stereocenters. The summed E-state index contributed by atoms with van der Waals surface area (Å²) in [6, 6.07) is 1.77. The predicted molar refractivity (Wildman–Crippen MR) is 82.7 cm³/mol. The largest absolute Gasteiger partial charge is 0.481 e. The molecule has 0 aliphatic rings. The van der Waals surface area contributed by atoms with Crippen molar-refractivity contribution in [3.8, 4) is 10.6 Å². The van der Waals surface area contributed by atoms with Crippen molar-refractivity contribution in [2.45, 2.75) is 20.3 Å². The number of nitrogens with zero attached hydrogens (tertiary/aromatic N) is 1. The fourth-order valence-electron chi connectivity index (χ4n) is 2.04. The normalized spacial score (nSPS) is 12.3. The van der Waals surface area contributed by atoms with Crippen LogP contribution in [-0.2, 0) is 4.79 Å².